The molecule has 0 aliphatic carbocycles. The molecular weight excluding hydrogens is 150 g/mol. The topological polar surface area (TPSA) is 35.2 Å². The molecule has 1 saturated heterocycles. The lowest BCUT2D eigenvalue weighted by Gasteiger charge is -2.22. The van der Waals surface area contributed by atoms with Crippen molar-refractivity contribution in [3.8, 4) is 0 Å². The zero-order valence-electron chi connectivity index (χ0n) is 8.09. The zero-order chi connectivity index (χ0) is 8.81. The van der Waals surface area contributed by atoms with Crippen LogP contribution in [0.4, 0.5) is 0 Å². The van der Waals surface area contributed by atoms with Gasteiger partial charge in [-0.3, -0.25) is 0 Å². The first kappa shape index (κ1) is 10.0. The van der Waals surface area contributed by atoms with Crippen molar-refractivity contribution in [1.29, 1.82) is 0 Å². The van der Waals surface area contributed by atoms with Crippen LogP contribution in [0.25, 0.3) is 0 Å². The Morgan fingerprint density at radius 3 is 2.67 bits per heavy atom. The molecule has 0 spiro atoms. The van der Waals surface area contributed by atoms with Crippen molar-refractivity contribution in [2.45, 2.75) is 32.6 Å². The Kier molecular flexibility index (Phi) is 4.62. The molecule has 72 valence electrons. The van der Waals surface area contributed by atoms with Crippen LogP contribution in [0, 0.1) is 11.8 Å². The van der Waals surface area contributed by atoms with Gasteiger partial charge in [0.05, 0.1) is 0 Å². The Morgan fingerprint density at radius 1 is 1.42 bits per heavy atom. The molecule has 0 radical (unpaired) electrons. The maximum Gasteiger partial charge on any atom is 0.0468 e. The molecule has 1 heterocycles. The fourth-order valence-corrected chi connectivity index (χ4v) is 1.67. The second-order valence-electron chi connectivity index (χ2n) is 3.97. The molecule has 0 saturated carbocycles. The first-order valence-electron chi connectivity index (χ1n) is 5.10. The van der Waals surface area contributed by atoms with Gasteiger partial charge in [-0.25, -0.2) is 0 Å². The molecule has 1 aliphatic heterocycles. The van der Waals surface area contributed by atoms with Gasteiger partial charge in [0.25, 0.3) is 0 Å². The minimum atomic E-state index is 0.702. The summed E-state index contributed by atoms with van der Waals surface area (Å²) in [6, 6.07) is 0. The Balaban J connectivity index is 2.05. The first-order chi connectivity index (χ1) is 5.83. The van der Waals surface area contributed by atoms with E-state index in [2.05, 4.69) is 6.92 Å². The number of rotatable bonds is 4. The van der Waals surface area contributed by atoms with Gasteiger partial charge in [-0.15, -0.1) is 0 Å². The SMILES string of the molecule is CC(CN)CCC1CCOCC1. The zero-order valence-corrected chi connectivity index (χ0v) is 8.09. The molecule has 0 aromatic rings. The summed E-state index contributed by atoms with van der Waals surface area (Å²) in [7, 11) is 0. The molecule has 0 aromatic heterocycles. The van der Waals surface area contributed by atoms with Gasteiger partial charge in [-0.05, 0) is 44.1 Å². The van der Waals surface area contributed by atoms with Crippen LogP contribution in [0.1, 0.15) is 32.6 Å². The van der Waals surface area contributed by atoms with Gasteiger partial charge in [0.2, 0.25) is 0 Å². The second-order valence-corrected chi connectivity index (χ2v) is 3.97. The molecule has 0 aromatic carbocycles. The summed E-state index contributed by atoms with van der Waals surface area (Å²) >= 11 is 0. The van der Waals surface area contributed by atoms with Crippen LogP contribution in [-0.2, 0) is 4.74 Å². The van der Waals surface area contributed by atoms with Gasteiger partial charge < -0.3 is 10.5 Å². The number of hydrogen-bond donors (Lipinski definition) is 1. The van der Waals surface area contributed by atoms with E-state index < -0.39 is 0 Å². The summed E-state index contributed by atoms with van der Waals surface area (Å²) < 4.78 is 5.31. The van der Waals surface area contributed by atoms with E-state index in [-0.39, 0.29) is 0 Å². The minimum absolute atomic E-state index is 0.702. The third-order valence-corrected chi connectivity index (χ3v) is 2.81. The summed E-state index contributed by atoms with van der Waals surface area (Å²) in [6.45, 7) is 5.02. The Labute approximate surface area is 75.5 Å². The smallest absolute Gasteiger partial charge is 0.0468 e. The van der Waals surface area contributed by atoms with E-state index in [9.17, 15) is 0 Å². The van der Waals surface area contributed by atoms with Crippen LogP contribution < -0.4 is 5.73 Å². The Bertz CT molecular complexity index is 110. The van der Waals surface area contributed by atoms with E-state index in [1.807, 2.05) is 0 Å². The van der Waals surface area contributed by atoms with Crippen molar-refractivity contribution >= 4 is 0 Å². The lowest BCUT2D eigenvalue weighted by atomic mass is 9.91. The highest BCUT2D eigenvalue weighted by molar-refractivity contribution is 4.65. The van der Waals surface area contributed by atoms with Crippen LogP contribution in [-0.4, -0.2) is 19.8 Å². The standard InChI is InChI=1S/C10H21NO/c1-9(8-11)2-3-10-4-6-12-7-5-10/h9-10H,2-8,11H2,1H3. The molecule has 1 atom stereocenters. The van der Waals surface area contributed by atoms with Gasteiger partial charge in [-0.1, -0.05) is 6.92 Å². The summed E-state index contributed by atoms with van der Waals surface area (Å²) in [5, 5.41) is 0. The number of nitrogens with two attached hydrogens (primary N) is 1. The summed E-state index contributed by atoms with van der Waals surface area (Å²) in [5.74, 6) is 1.61. The van der Waals surface area contributed by atoms with Crippen LogP contribution in [0.5, 0.6) is 0 Å². The van der Waals surface area contributed by atoms with Crippen molar-refractivity contribution in [1.82, 2.24) is 0 Å². The normalized spacial score (nSPS) is 22.5. The van der Waals surface area contributed by atoms with E-state index in [0.717, 1.165) is 25.7 Å². The molecule has 1 aliphatic rings. The lowest BCUT2D eigenvalue weighted by molar-refractivity contribution is 0.0622. The molecule has 2 nitrogen and oxygen atoms in total. The quantitative estimate of drug-likeness (QED) is 0.700. The molecule has 1 rings (SSSR count). The van der Waals surface area contributed by atoms with Crippen molar-refractivity contribution in [2.24, 2.45) is 17.6 Å². The predicted octanol–water partition coefficient (Wildman–Crippen LogP) is 1.79. The van der Waals surface area contributed by atoms with Gasteiger partial charge in [0, 0.05) is 13.2 Å². The summed E-state index contributed by atoms with van der Waals surface area (Å²) in [4.78, 5) is 0. The predicted molar refractivity (Wildman–Crippen MR) is 51.0 cm³/mol. The third kappa shape index (κ3) is 3.55. The van der Waals surface area contributed by atoms with Crippen LogP contribution >= 0.6 is 0 Å². The van der Waals surface area contributed by atoms with Crippen molar-refractivity contribution in [3.63, 3.8) is 0 Å². The third-order valence-electron chi connectivity index (χ3n) is 2.81. The van der Waals surface area contributed by atoms with E-state index >= 15 is 0 Å². The highest BCUT2D eigenvalue weighted by Gasteiger charge is 2.14. The monoisotopic (exact) mass is 171 g/mol. The summed E-state index contributed by atoms with van der Waals surface area (Å²) in [5.41, 5.74) is 5.56. The van der Waals surface area contributed by atoms with Crippen LogP contribution in [0.15, 0.2) is 0 Å². The fraction of sp³-hybridized carbons (Fsp3) is 1.00. The molecule has 0 amide bonds. The van der Waals surface area contributed by atoms with E-state index in [1.54, 1.807) is 0 Å². The maximum absolute atomic E-state index is 5.56. The van der Waals surface area contributed by atoms with Crippen molar-refractivity contribution in [2.75, 3.05) is 19.8 Å². The summed E-state index contributed by atoms with van der Waals surface area (Å²) in [6.07, 6.45) is 5.16. The van der Waals surface area contributed by atoms with Gasteiger partial charge in [0.15, 0.2) is 0 Å². The van der Waals surface area contributed by atoms with Crippen LogP contribution in [0.3, 0.4) is 0 Å². The van der Waals surface area contributed by atoms with Crippen molar-refractivity contribution in [3.05, 3.63) is 0 Å². The van der Waals surface area contributed by atoms with Gasteiger partial charge in [-0.2, -0.15) is 0 Å². The maximum atomic E-state index is 5.56. The minimum Gasteiger partial charge on any atom is -0.381 e. The average Bonchev–Trinajstić information content (AvgIpc) is 2.16. The highest BCUT2D eigenvalue weighted by atomic mass is 16.5. The molecule has 2 N–H and O–H groups in total. The Morgan fingerprint density at radius 2 is 2.08 bits per heavy atom. The molecule has 12 heavy (non-hydrogen) atoms. The largest absolute Gasteiger partial charge is 0.381 e. The van der Waals surface area contributed by atoms with E-state index in [1.165, 1.54) is 25.7 Å². The number of ether oxygens (including phenoxy) is 1. The first-order valence-corrected chi connectivity index (χ1v) is 5.10. The molecule has 1 fully saturated rings. The van der Waals surface area contributed by atoms with Crippen molar-refractivity contribution < 1.29 is 4.74 Å². The molecular formula is C10H21NO. The fourth-order valence-electron chi connectivity index (χ4n) is 1.67. The molecule has 0 bridgehead atoms. The lowest BCUT2D eigenvalue weighted by Crippen LogP contribution is -2.18. The van der Waals surface area contributed by atoms with Gasteiger partial charge in [0.1, 0.15) is 0 Å². The number of hydrogen-bond acceptors (Lipinski definition) is 2. The second kappa shape index (κ2) is 5.55. The Hall–Kier alpha value is -0.0800. The van der Waals surface area contributed by atoms with Gasteiger partial charge >= 0.3 is 0 Å². The highest BCUT2D eigenvalue weighted by Crippen LogP contribution is 2.21. The molecule has 1 unspecified atom stereocenters. The van der Waals surface area contributed by atoms with Crippen LogP contribution in [0.2, 0.25) is 0 Å². The van der Waals surface area contributed by atoms with E-state index in [4.69, 9.17) is 10.5 Å². The molecule has 2 heteroatoms. The van der Waals surface area contributed by atoms with E-state index in [0.29, 0.717) is 5.92 Å². The average molecular weight is 171 g/mol.